The number of unbranched alkanes of at least 4 members (excludes halogenated alkanes) is 1. The maximum Gasteiger partial charge on any atom is 0.129 e. The highest BCUT2D eigenvalue weighted by atomic mass is 28.3. The Labute approximate surface area is 90.8 Å². The van der Waals surface area contributed by atoms with E-state index in [1.54, 1.807) is 0 Å². The molecule has 0 aliphatic carbocycles. The number of allylic oxidation sites excluding steroid dienone is 2. The minimum absolute atomic E-state index is 1.15. The lowest BCUT2D eigenvalue weighted by Gasteiger charge is -2.03. The maximum absolute atomic E-state index is 3.38. The standard InChI is InChI=1S/C13H24Si/c1-6-8-10-13(7-2)11-9-12-14(3,4)5/h11H,6-8,10H2,1-5H3/b13-11+. The predicted octanol–water partition coefficient (Wildman–Crippen LogP) is 4.39. The molecule has 14 heavy (non-hydrogen) atoms. The lowest BCUT2D eigenvalue weighted by Crippen LogP contribution is -2.16. The summed E-state index contributed by atoms with van der Waals surface area (Å²) in [5.74, 6) is 3.23. The summed E-state index contributed by atoms with van der Waals surface area (Å²) in [6.07, 6.45) is 7.11. The van der Waals surface area contributed by atoms with Gasteiger partial charge in [0.2, 0.25) is 0 Å². The minimum atomic E-state index is -1.17. The lowest BCUT2D eigenvalue weighted by atomic mass is 10.1. The fourth-order valence-corrected chi connectivity index (χ4v) is 1.61. The zero-order valence-corrected chi connectivity index (χ0v) is 11.4. The Balaban J connectivity index is 4.21. The zero-order chi connectivity index (χ0) is 11.0. The first-order valence-corrected chi connectivity index (χ1v) is 9.20. The summed E-state index contributed by atoms with van der Waals surface area (Å²) >= 11 is 0. The van der Waals surface area contributed by atoms with Gasteiger partial charge in [0.25, 0.3) is 0 Å². The van der Waals surface area contributed by atoms with Crippen LogP contribution >= 0.6 is 0 Å². The summed E-state index contributed by atoms with van der Waals surface area (Å²) in [5.41, 5.74) is 4.89. The van der Waals surface area contributed by atoms with Crippen LogP contribution < -0.4 is 0 Å². The predicted molar refractivity (Wildman–Crippen MR) is 69.0 cm³/mol. The molecule has 0 radical (unpaired) electrons. The molecule has 0 spiro atoms. The van der Waals surface area contributed by atoms with Crippen LogP contribution in [0.2, 0.25) is 19.6 Å². The van der Waals surface area contributed by atoms with Gasteiger partial charge in [-0.1, -0.05) is 51.4 Å². The molecular weight excluding hydrogens is 184 g/mol. The molecule has 1 heteroatoms. The highest BCUT2D eigenvalue weighted by molar-refractivity contribution is 6.83. The van der Waals surface area contributed by atoms with Crippen molar-refractivity contribution < 1.29 is 0 Å². The van der Waals surface area contributed by atoms with E-state index in [1.807, 2.05) is 0 Å². The molecule has 0 aromatic rings. The molecule has 0 aromatic carbocycles. The summed E-state index contributed by atoms with van der Waals surface area (Å²) in [4.78, 5) is 0. The quantitative estimate of drug-likeness (QED) is 0.475. The Morgan fingerprint density at radius 1 is 1.21 bits per heavy atom. The van der Waals surface area contributed by atoms with Crippen molar-refractivity contribution in [1.82, 2.24) is 0 Å². The molecule has 0 fully saturated rings. The van der Waals surface area contributed by atoms with E-state index in [1.165, 1.54) is 24.8 Å². The van der Waals surface area contributed by atoms with E-state index in [0.717, 1.165) is 6.42 Å². The van der Waals surface area contributed by atoms with E-state index >= 15 is 0 Å². The van der Waals surface area contributed by atoms with Crippen LogP contribution in [-0.4, -0.2) is 8.07 Å². The van der Waals surface area contributed by atoms with E-state index in [2.05, 4.69) is 51.0 Å². The molecule has 0 amide bonds. The summed E-state index contributed by atoms with van der Waals surface area (Å²) in [7, 11) is -1.17. The SMILES string of the molecule is CCCC/C(=C/C#C[Si](C)(C)C)CC. The molecule has 0 rings (SSSR count). The molecule has 80 valence electrons. The number of hydrogen-bond donors (Lipinski definition) is 0. The first-order chi connectivity index (χ1) is 6.49. The second-order valence-electron chi connectivity index (χ2n) is 4.78. The molecule has 0 N–H and O–H groups in total. The van der Waals surface area contributed by atoms with Gasteiger partial charge in [0.05, 0.1) is 0 Å². The van der Waals surface area contributed by atoms with Crippen LogP contribution in [0.25, 0.3) is 0 Å². The summed E-state index contributed by atoms with van der Waals surface area (Å²) < 4.78 is 0. The molecule has 0 aliphatic rings. The summed E-state index contributed by atoms with van der Waals surface area (Å²) in [6.45, 7) is 11.3. The van der Waals surface area contributed by atoms with Crippen LogP contribution in [0.3, 0.4) is 0 Å². The van der Waals surface area contributed by atoms with Crippen molar-refractivity contribution in [3.05, 3.63) is 11.6 Å². The third kappa shape index (κ3) is 8.13. The monoisotopic (exact) mass is 208 g/mol. The first-order valence-electron chi connectivity index (χ1n) is 5.70. The average molecular weight is 208 g/mol. The molecule has 0 aromatic heterocycles. The fourth-order valence-electron chi connectivity index (χ4n) is 1.11. The van der Waals surface area contributed by atoms with Crippen LogP contribution in [0.5, 0.6) is 0 Å². The molecule has 0 atom stereocenters. The van der Waals surface area contributed by atoms with Gasteiger partial charge < -0.3 is 0 Å². The van der Waals surface area contributed by atoms with Gasteiger partial charge >= 0.3 is 0 Å². The van der Waals surface area contributed by atoms with Crippen LogP contribution in [0.4, 0.5) is 0 Å². The summed E-state index contributed by atoms with van der Waals surface area (Å²) in [5, 5.41) is 0. The lowest BCUT2D eigenvalue weighted by molar-refractivity contribution is 0.767. The van der Waals surface area contributed by atoms with Crippen LogP contribution in [0, 0.1) is 11.5 Å². The van der Waals surface area contributed by atoms with Crippen molar-refractivity contribution >= 4 is 8.07 Å². The normalized spacial score (nSPS) is 12.2. The molecule has 0 unspecified atom stereocenters. The van der Waals surface area contributed by atoms with E-state index in [-0.39, 0.29) is 0 Å². The van der Waals surface area contributed by atoms with Gasteiger partial charge in [-0.05, 0) is 25.3 Å². The van der Waals surface area contributed by atoms with E-state index in [0.29, 0.717) is 0 Å². The topological polar surface area (TPSA) is 0 Å². The second-order valence-corrected chi connectivity index (χ2v) is 9.53. The Morgan fingerprint density at radius 3 is 2.29 bits per heavy atom. The first kappa shape index (κ1) is 13.5. The van der Waals surface area contributed by atoms with Crippen molar-refractivity contribution in [2.45, 2.75) is 59.2 Å². The van der Waals surface area contributed by atoms with Gasteiger partial charge in [0.1, 0.15) is 8.07 Å². The Kier molecular flexibility index (Phi) is 6.66. The van der Waals surface area contributed by atoms with Gasteiger partial charge in [-0.15, -0.1) is 5.54 Å². The zero-order valence-electron chi connectivity index (χ0n) is 10.4. The van der Waals surface area contributed by atoms with Crippen molar-refractivity contribution in [3.63, 3.8) is 0 Å². The smallest absolute Gasteiger partial charge is 0.127 e. The van der Waals surface area contributed by atoms with Crippen LogP contribution in [-0.2, 0) is 0 Å². The Hall–Kier alpha value is -0.483. The van der Waals surface area contributed by atoms with Crippen molar-refractivity contribution in [2.75, 3.05) is 0 Å². The molecule has 0 nitrogen and oxygen atoms in total. The highest BCUT2D eigenvalue weighted by Gasteiger charge is 2.06. The minimum Gasteiger partial charge on any atom is -0.127 e. The van der Waals surface area contributed by atoms with Gasteiger partial charge in [-0.2, -0.15) is 0 Å². The largest absolute Gasteiger partial charge is 0.129 e. The number of rotatable bonds is 4. The Bertz CT molecular complexity index is 232. The fraction of sp³-hybridized carbons (Fsp3) is 0.692. The van der Waals surface area contributed by atoms with Crippen molar-refractivity contribution in [3.8, 4) is 11.5 Å². The van der Waals surface area contributed by atoms with E-state index in [4.69, 9.17) is 0 Å². The van der Waals surface area contributed by atoms with Gasteiger partial charge in [-0.25, -0.2) is 0 Å². The molecule has 0 saturated heterocycles. The molecule has 0 aliphatic heterocycles. The van der Waals surface area contributed by atoms with Gasteiger partial charge in [0, 0.05) is 0 Å². The van der Waals surface area contributed by atoms with Crippen LogP contribution in [0.1, 0.15) is 39.5 Å². The highest BCUT2D eigenvalue weighted by Crippen LogP contribution is 2.10. The van der Waals surface area contributed by atoms with Crippen molar-refractivity contribution in [1.29, 1.82) is 0 Å². The third-order valence-corrected chi connectivity index (χ3v) is 2.92. The average Bonchev–Trinajstić information content (AvgIpc) is 2.09. The molecule has 0 saturated carbocycles. The number of hydrogen-bond acceptors (Lipinski definition) is 0. The van der Waals surface area contributed by atoms with Crippen molar-refractivity contribution in [2.24, 2.45) is 0 Å². The molecular formula is C13H24Si. The second kappa shape index (κ2) is 6.90. The third-order valence-electron chi connectivity index (χ3n) is 2.03. The van der Waals surface area contributed by atoms with E-state index < -0.39 is 8.07 Å². The molecule has 0 bridgehead atoms. The van der Waals surface area contributed by atoms with Gasteiger partial charge in [0.15, 0.2) is 0 Å². The Morgan fingerprint density at radius 2 is 1.86 bits per heavy atom. The van der Waals surface area contributed by atoms with Gasteiger partial charge in [-0.3, -0.25) is 0 Å². The maximum atomic E-state index is 3.38. The molecule has 0 heterocycles. The van der Waals surface area contributed by atoms with E-state index in [9.17, 15) is 0 Å². The summed E-state index contributed by atoms with van der Waals surface area (Å²) in [6, 6.07) is 0. The van der Waals surface area contributed by atoms with Crippen LogP contribution in [0.15, 0.2) is 11.6 Å².